The largest absolute Gasteiger partial charge is 0.359 e. The summed E-state index contributed by atoms with van der Waals surface area (Å²) in [6.45, 7) is 2.27. The minimum Gasteiger partial charge on any atom is -0.359 e. The Hall–Kier alpha value is -2.48. The van der Waals surface area contributed by atoms with Gasteiger partial charge in [-0.1, -0.05) is 87.2 Å². The fourth-order valence-electron chi connectivity index (χ4n) is 4.17. The van der Waals surface area contributed by atoms with Crippen LogP contribution in [0, 0.1) is 0 Å². The summed E-state index contributed by atoms with van der Waals surface area (Å²) in [7, 11) is 0. The first-order valence-corrected chi connectivity index (χ1v) is 9.96. The van der Waals surface area contributed by atoms with Crippen molar-refractivity contribution in [1.82, 2.24) is 0 Å². The number of benzene rings is 3. The van der Waals surface area contributed by atoms with Gasteiger partial charge in [-0.05, 0) is 35.9 Å². The molecule has 134 valence electrons. The number of nitrogens with one attached hydrogen (secondary N) is 2. The van der Waals surface area contributed by atoms with Gasteiger partial charge in [-0.15, -0.1) is 0 Å². The summed E-state index contributed by atoms with van der Waals surface area (Å²) in [6, 6.07) is 23.9. The van der Waals surface area contributed by atoms with Crippen LogP contribution in [0.15, 0.2) is 66.7 Å². The average molecular weight is 345 g/mol. The van der Waals surface area contributed by atoms with Crippen LogP contribution in [-0.4, -0.2) is 0 Å². The van der Waals surface area contributed by atoms with Gasteiger partial charge in [0.15, 0.2) is 0 Å². The van der Waals surface area contributed by atoms with Gasteiger partial charge in [0, 0.05) is 16.8 Å². The fourth-order valence-corrected chi connectivity index (χ4v) is 4.17. The molecule has 0 unspecified atom stereocenters. The van der Waals surface area contributed by atoms with E-state index < -0.39 is 0 Å². The van der Waals surface area contributed by atoms with Gasteiger partial charge < -0.3 is 10.6 Å². The van der Waals surface area contributed by atoms with Crippen LogP contribution >= 0.6 is 0 Å². The van der Waals surface area contributed by atoms with E-state index in [1.54, 1.807) is 0 Å². The number of anilines is 2. The molecule has 1 aliphatic heterocycles. The molecule has 1 aliphatic rings. The van der Waals surface area contributed by atoms with Crippen molar-refractivity contribution in [3.05, 3.63) is 72.3 Å². The van der Waals surface area contributed by atoms with Crippen molar-refractivity contribution >= 4 is 22.1 Å². The van der Waals surface area contributed by atoms with Crippen molar-refractivity contribution in [2.75, 3.05) is 10.6 Å². The van der Waals surface area contributed by atoms with Crippen LogP contribution in [0.5, 0.6) is 0 Å². The third kappa shape index (κ3) is 3.16. The average Bonchev–Trinajstić information content (AvgIpc) is 2.69. The highest BCUT2D eigenvalue weighted by molar-refractivity contribution is 6.05. The molecule has 3 aromatic rings. The SMILES string of the molecule is CCCCCCCC1(c2ccccc2)Nc2cccc3cccc(c23)N1. The van der Waals surface area contributed by atoms with E-state index in [1.165, 1.54) is 59.8 Å². The molecule has 0 saturated carbocycles. The van der Waals surface area contributed by atoms with Crippen molar-refractivity contribution < 1.29 is 0 Å². The smallest absolute Gasteiger partial charge is 0.134 e. The molecule has 3 aromatic carbocycles. The lowest BCUT2D eigenvalue weighted by Crippen LogP contribution is -2.45. The Labute approximate surface area is 156 Å². The lowest BCUT2D eigenvalue weighted by molar-refractivity contribution is 0.467. The molecule has 0 fully saturated rings. The minimum absolute atomic E-state index is 0.240. The molecule has 2 heteroatoms. The molecule has 0 aliphatic carbocycles. The van der Waals surface area contributed by atoms with Crippen LogP contribution in [0.25, 0.3) is 10.8 Å². The molecule has 1 heterocycles. The van der Waals surface area contributed by atoms with Gasteiger partial charge in [0.05, 0.1) is 0 Å². The Kier molecular flexibility index (Phi) is 4.83. The van der Waals surface area contributed by atoms with Gasteiger partial charge in [-0.3, -0.25) is 0 Å². The standard InChI is InChI=1S/C24H28N2/c1-2-3-4-5-9-18-24(20-14-7-6-8-15-20)25-21-16-10-12-19-13-11-17-22(26-24)23(19)21/h6-8,10-17,25-26H,2-5,9,18H2,1H3. The van der Waals surface area contributed by atoms with Crippen LogP contribution in [0.2, 0.25) is 0 Å². The second-order valence-corrected chi connectivity index (χ2v) is 7.39. The zero-order chi connectivity index (χ0) is 17.8. The molecule has 0 amide bonds. The van der Waals surface area contributed by atoms with E-state index in [2.05, 4.69) is 84.3 Å². The molecular formula is C24H28N2. The van der Waals surface area contributed by atoms with Gasteiger partial charge in [0.1, 0.15) is 5.66 Å². The maximum atomic E-state index is 3.87. The third-order valence-electron chi connectivity index (χ3n) is 5.52. The summed E-state index contributed by atoms with van der Waals surface area (Å²) in [4.78, 5) is 0. The minimum atomic E-state index is -0.240. The zero-order valence-corrected chi connectivity index (χ0v) is 15.6. The van der Waals surface area contributed by atoms with Crippen molar-refractivity contribution in [3.8, 4) is 0 Å². The van der Waals surface area contributed by atoms with E-state index in [-0.39, 0.29) is 5.66 Å². The third-order valence-corrected chi connectivity index (χ3v) is 5.52. The van der Waals surface area contributed by atoms with E-state index in [1.807, 2.05) is 0 Å². The Morgan fingerprint density at radius 1 is 0.692 bits per heavy atom. The first kappa shape index (κ1) is 17.0. The summed E-state index contributed by atoms with van der Waals surface area (Å²) in [5, 5.41) is 10.3. The van der Waals surface area contributed by atoms with Crippen LogP contribution in [0.1, 0.15) is 51.0 Å². The van der Waals surface area contributed by atoms with Crippen LogP contribution in [-0.2, 0) is 5.66 Å². The Morgan fingerprint density at radius 3 is 2.00 bits per heavy atom. The van der Waals surface area contributed by atoms with Gasteiger partial charge in [-0.2, -0.15) is 0 Å². The Morgan fingerprint density at radius 2 is 1.35 bits per heavy atom. The summed E-state index contributed by atoms with van der Waals surface area (Å²) in [5.41, 5.74) is 3.53. The van der Waals surface area contributed by atoms with E-state index in [4.69, 9.17) is 0 Å². The van der Waals surface area contributed by atoms with E-state index >= 15 is 0 Å². The van der Waals surface area contributed by atoms with Crippen molar-refractivity contribution in [3.63, 3.8) is 0 Å². The molecular weight excluding hydrogens is 316 g/mol. The van der Waals surface area contributed by atoms with Gasteiger partial charge in [-0.25, -0.2) is 0 Å². The van der Waals surface area contributed by atoms with E-state index in [9.17, 15) is 0 Å². The zero-order valence-electron chi connectivity index (χ0n) is 15.6. The van der Waals surface area contributed by atoms with Crippen molar-refractivity contribution in [1.29, 1.82) is 0 Å². The lowest BCUT2D eigenvalue weighted by atomic mass is 9.89. The van der Waals surface area contributed by atoms with Crippen LogP contribution < -0.4 is 10.6 Å². The number of hydrogen-bond acceptors (Lipinski definition) is 2. The fraction of sp³-hybridized carbons (Fsp3) is 0.333. The van der Waals surface area contributed by atoms with Crippen molar-refractivity contribution in [2.45, 2.75) is 51.1 Å². The summed E-state index contributed by atoms with van der Waals surface area (Å²) in [5.74, 6) is 0. The number of hydrogen-bond donors (Lipinski definition) is 2. The topological polar surface area (TPSA) is 24.1 Å². The van der Waals surface area contributed by atoms with Gasteiger partial charge in [0.2, 0.25) is 0 Å². The van der Waals surface area contributed by atoms with E-state index in [0.717, 1.165) is 6.42 Å². The van der Waals surface area contributed by atoms with Crippen LogP contribution in [0.4, 0.5) is 11.4 Å². The number of unbranched alkanes of at least 4 members (excludes halogenated alkanes) is 4. The highest BCUT2D eigenvalue weighted by atomic mass is 15.2. The Bertz CT molecular complexity index is 829. The number of rotatable bonds is 7. The maximum Gasteiger partial charge on any atom is 0.134 e. The highest BCUT2D eigenvalue weighted by Crippen LogP contribution is 2.43. The molecule has 0 bridgehead atoms. The second kappa shape index (κ2) is 7.41. The molecule has 2 N–H and O–H groups in total. The summed E-state index contributed by atoms with van der Waals surface area (Å²) >= 11 is 0. The molecule has 26 heavy (non-hydrogen) atoms. The predicted octanol–water partition coefficient (Wildman–Crippen LogP) is 6.89. The second-order valence-electron chi connectivity index (χ2n) is 7.39. The van der Waals surface area contributed by atoms with Crippen molar-refractivity contribution in [2.24, 2.45) is 0 Å². The first-order valence-electron chi connectivity index (χ1n) is 9.96. The molecule has 2 nitrogen and oxygen atoms in total. The van der Waals surface area contributed by atoms with Gasteiger partial charge in [0.25, 0.3) is 0 Å². The highest BCUT2D eigenvalue weighted by Gasteiger charge is 2.35. The molecule has 0 spiro atoms. The molecule has 0 radical (unpaired) electrons. The van der Waals surface area contributed by atoms with Crippen LogP contribution in [0.3, 0.4) is 0 Å². The predicted molar refractivity (Wildman–Crippen MR) is 113 cm³/mol. The quantitative estimate of drug-likeness (QED) is 0.456. The Balaban J connectivity index is 1.69. The van der Waals surface area contributed by atoms with E-state index in [0.29, 0.717) is 0 Å². The first-order chi connectivity index (χ1) is 12.8. The lowest BCUT2D eigenvalue weighted by Gasteiger charge is -2.42. The normalized spacial score (nSPS) is 14.7. The maximum absolute atomic E-state index is 3.87. The summed E-state index contributed by atoms with van der Waals surface area (Å²) in [6.07, 6.45) is 7.53. The molecule has 0 aromatic heterocycles. The molecule has 0 saturated heterocycles. The monoisotopic (exact) mass is 344 g/mol. The molecule has 0 atom stereocenters. The summed E-state index contributed by atoms with van der Waals surface area (Å²) < 4.78 is 0. The van der Waals surface area contributed by atoms with Gasteiger partial charge >= 0.3 is 0 Å². The molecule has 4 rings (SSSR count).